The van der Waals surface area contributed by atoms with Crippen molar-refractivity contribution in [3.05, 3.63) is 29.6 Å². The quantitative estimate of drug-likeness (QED) is 0.892. The number of carboxylic acid groups (broad SMARTS) is 1. The van der Waals surface area contributed by atoms with E-state index in [-0.39, 0.29) is 17.8 Å². The van der Waals surface area contributed by atoms with Gasteiger partial charge in [0, 0.05) is 5.56 Å². The van der Waals surface area contributed by atoms with Crippen molar-refractivity contribution in [2.24, 2.45) is 11.8 Å². The average molecular weight is 293 g/mol. The van der Waals surface area contributed by atoms with Crippen molar-refractivity contribution in [2.45, 2.75) is 25.3 Å². The van der Waals surface area contributed by atoms with Crippen LogP contribution in [0.15, 0.2) is 18.2 Å². The first kappa shape index (κ1) is 13.9. The highest BCUT2D eigenvalue weighted by Crippen LogP contribution is 2.40. The summed E-state index contributed by atoms with van der Waals surface area (Å²) >= 11 is 0. The van der Waals surface area contributed by atoms with Gasteiger partial charge in [0.2, 0.25) is 5.91 Å². The van der Waals surface area contributed by atoms with E-state index < -0.39 is 17.8 Å². The molecule has 1 fully saturated rings. The summed E-state index contributed by atoms with van der Waals surface area (Å²) in [5.41, 5.74) is 0.619. The van der Waals surface area contributed by atoms with Crippen molar-refractivity contribution in [3.63, 3.8) is 0 Å². The van der Waals surface area contributed by atoms with Crippen LogP contribution in [0.3, 0.4) is 0 Å². The minimum Gasteiger partial charge on any atom is -0.493 e. The fourth-order valence-corrected chi connectivity index (χ4v) is 2.73. The molecule has 112 valence electrons. The summed E-state index contributed by atoms with van der Waals surface area (Å²) in [4.78, 5) is 22.9. The molecule has 0 radical (unpaired) electrons. The lowest BCUT2D eigenvalue weighted by atomic mass is 10.0. The van der Waals surface area contributed by atoms with Gasteiger partial charge in [-0.25, -0.2) is 4.39 Å². The highest BCUT2D eigenvalue weighted by Gasteiger charge is 2.48. The Kier molecular flexibility index (Phi) is 3.53. The van der Waals surface area contributed by atoms with Crippen LogP contribution in [0.25, 0.3) is 0 Å². The third kappa shape index (κ3) is 2.84. The van der Waals surface area contributed by atoms with Crippen LogP contribution in [-0.4, -0.2) is 23.6 Å². The van der Waals surface area contributed by atoms with Gasteiger partial charge in [-0.3, -0.25) is 9.59 Å². The molecular weight excluding hydrogens is 277 g/mol. The molecule has 1 saturated carbocycles. The molecule has 2 aliphatic rings. The second-order valence-electron chi connectivity index (χ2n) is 5.52. The van der Waals surface area contributed by atoms with Crippen molar-refractivity contribution in [1.29, 1.82) is 0 Å². The Labute approximate surface area is 121 Å². The molecule has 3 unspecified atom stereocenters. The Balaban J connectivity index is 1.75. The zero-order chi connectivity index (χ0) is 15.0. The topological polar surface area (TPSA) is 75.6 Å². The maximum atomic E-state index is 13.4. The van der Waals surface area contributed by atoms with E-state index in [1.807, 2.05) is 0 Å². The van der Waals surface area contributed by atoms with Gasteiger partial charge in [-0.1, -0.05) is 0 Å². The number of rotatable bonds is 3. The molecule has 5 nitrogen and oxygen atoms in total. The summed E-state index contributed by atoms with van der Waals surface area (Å²) in [7, 11) is 0. The van der Waals surface area contributed by atoms with Crippen LogP contribution in [0.4, 0.5) is 4.39 Å². The Morgan fingerprint density at radius 3 is 2.86 bits per heavy atom. The molecule has 0 bridgehead atoms. The highest BCUT2D eigenvalue weighted by atomic mass is 19.1. The number of fused-ring (bicyclic) bond motifs is 1. The molecule has 1 amide bonds. The Morgan fingerprint density at radius 1 is 1.33 bits per heavy atom. The van der Waals surface area contributed by atoms with Gasteiger partial charge < -0.3 is 15.2 Å². The summed E-state index contributed by atoms with van der Waals surface area (Å²) in [6.45, 7) is 0.520. The normalized spacial score (nSPS) is 27.0. The highest BCUT2D eigenvalue weighted by molar-refractivity contribution is 5.89. The number of carbonyl (C=O) groups excluding carboxylic acids is 1. The van der Waals surface area contributed by atoms with Gasteiger partial charge in [-0.15, -0.1) is 0 Å². The van der Waals surface area contributed by atoms with Gasteiger partial charge in [-0.05, 0) is 37.5 Å². The number of nitrogens with one attached hydrogen (secondary N) is 1. The van der Waals surface area contributed by atoms with Crippen LogP contribution >= 0.6 is 0 Å². The molecule has 1 heterocycles. The minimum absolute atomic E-state index is 0.274. The average Bonchev–Trinajstić information content (AvgIpc) is 3.23. The number of aliphatic carboxylic acids is 1. The van der Waals surface area contributed by atoms with E-state index in [9.17, 15) is 14.0 Å². The van der Waals surface area contributed by atoms with E-state index in [1.165, 1.54) is 12.1 Å². The molecule has 0 aromatic heterocycles. The van der Waals surface area contributed by atoms with Gasteiger partial charge in [0.1, 0.15) is 11.6 Å². The lowest BCUT2D eigenvalue weighted by molar-refractivity contribution is -0.140. The molecule has 6 heteroatoms. The van der Waals surface area contributed by atoms with Gasteiger partial charge in [0.05, 0.1) is 24.5 Å². The predicted octanol–water partition coefficient (Wildman–Crippen LogP) is 1.88. The first-order valence-corrected chi connectivity index (χ1v) is 7.01. The summed E-state index contributed by atoms with van der Waals surface area (Å²) < 4.78 is 19.0. The number of ether oxygens (including phenoxy) is 1. The number of hydrogen-bond acceptors (Lipinski definition) is 3. The maximum Gasteiger partial charge on any atom is 0.307 e. The molecule has 0 spiro atoms. The standard InChI is InChI=1S/C15H16FNO4/c16-8-3-4-13-11(6-8)12(2-1-5-21-13)17-14(18)9-7-10(9)15(19)20/h3-4,6,9-10,12H,1-2,5,7H2,(H,17,18)(H,19,20). The summed E-state index contributed by atoms with van der Waals surface area (Å²) in [5, 5.41) is 11.7. The zero-order valence-electron chi connectivity index (χ0n) is 11.3. The number of hydrogen-bond donors (Lipinski definition) is 2. The van der Waals surface area contributed by atoms with Crippen LogP contribution in [0.2, 0.25) is 0 Å². The van der Waals surface area contributed by atoms with E-state index in [4.69, 9.17) is 9.84 Å². The third-order valence-corrected chi connectivity index (χ3v) is 4.00. The lowest BCUT2D eigenvalue weighted by Crippen LogP contribution is -2.30. The van der Waals surface area contributed by atoms with Crippen LogP contribution in [0, 0.1) is 17.7 Å². The summed E-state index contributed by atoms with van der Waals surface area (Å²) in [6.07, 6.45) is 1.77. The number of halogens is 1. The van der Waals surface area contributed by atoms with E-state index in [0.717, 1.165) is 6.42 Å². The molecule has 1 aromatic rings. The number of amides is 1. The summed E-state index contributed by atoms with van der Waals surface area (Å²) in [5.74, 6) is -2.07. The fourth-order valence-electron chi connectivity index (χ4n) is 2.73. The van der Waals surface area contributed by atoms with Crippen molar-refractivity contribution >= 4 is 11.9 Å². The van der Waals surface area contributed by atoms with Gasteiger partial charge in [-0.2, -0.15) is 0 Å². The van der Waals surface area contributed by atoms with Gasteiger partial charge >= 0.3 is 5.97 Å². The van der Waals surface area contributed by atoms with Gasteiger partial charge in [0.15, 0.2) is 0 Å². The molecule has 0 saturated heterocycles. The number of carbonyl (C=O) groups is 2. The van der Waals surface area contributed by atoms with Crippen LogP contribution in [0.5, 0.6) is 5.75 Å². The monoisotopic (exact) mass is 293 g/mol. The summed E-state index contributed by atoms with van der Waals surface area (Å²) in [6, 6.07) is 3.92. The lowest BCUT2D eigenvalue weighted by Gasteiger charge is -2.18. The Hall–Kier alpha value is -2.11. The second kappa shape index (κ2) is 5.35. The van der Waals surface area contributed by atoms with Crippen LogP contribution in [-0.2, 0) is 9.59 Å². The zero-order valence-corrected chi connectivity index (χ0v) is 11.3. The van der Waals surface area contributed by atoms with Crippen LogP contribution in [0.1, 0.15) is 30.9 Å². The van der Waals surface area contributed by atoms with Crippen molar-refractivity contribution in [2.75, 3.05) is 6.61 Å². The van der Waals surface area contributed by atoms with Crippen LogP contribution < -0.4 is 10.1 Å². The molecule has 3 atom stereocenters. The minimum atomic E-state index is -0.939. The first-order valence-electron chi connectivity index (χ1n) is 7.01. The molecular formula is C15H16FNO4. The second-order valence-corrected chi connectivity index (χ2v) is 5.52. The van der Waals surface area contributed by atoms with E-state index in [2.05, 4.69) is 5.32 Å². The molecule has 1 aliphatic heterocycles. The molecule has 1 aromatic carbocycles. The number of carboxylic acids is 1. The molecule has 2 N–H and O–H groups in total. The largest absolute Gasteiger partial charge is 0.493 e. The van der Waals surface area contributed by atoms with E-state index in [1.54, 1.807) is 6.07 Å². The van der Waals surface area contributed by atoms with Gasteiger partial charge in [0.25, 0.3) is 0 Å². The first-order chi connectivity index (χ1) is 10.1. The maximum absolute atomic E-state index is 13.4. The molecule has 1 aliphatic carbocycles. The molecule has 21 heavy (non-hydrogen) atoms. The van der Waals surface area contributed by atoms with E-state index in [0.29, 0.717) is 30.8 Å². The van der Waals surface area contributed by atoms with Crippen molar-refractivity contribution in [3.8, 4) is 5.75 Å². The Morgan fingerprint density at radius 2 is 2.14 bits per heavy atom. The number of benzene rings is 1. The SMILES string of the molecule is O=C(O)C1CC1C(=O)NC1CCCOc2ccc(F)cc21. The van der Waals surface area contributed by atoms with Crippen molar-refractivity contribution < 1.29 is 23.8 Å². The third-order valence-electron chi connectivity index (χ3n) is 4.00. The fraction of sp³-hybridized carbons (Fsp3) is 0.467. The Bertz CT molecular complexity index is 589. The predicted molar refractivity (Wildman–Crippen MR) is 71.2 cm³/mol. The van der Waals surface area contributed by atoms with Crippen molar-refractivity contribution in [1.82, 2.24) is 5.32 Å². The molecule has 3 rings (SSSR count). The smallest absolute Gasteiger partial charge is 0.307 e. The van der Waals surface area contributed by atoms with E-state index >= 15 is 0 Å².